The van der Waals surface area contributed by atoms with E-state index in [1.807, 2.05) is 20.8 Å². The maximum Gasteiger partial charge on any atom is 0.220 e. The van der Waals surface area contributed by atoms with Crippen molar-refractivity contribution in [1.82, 2.24) is 5.32 Å². The molecule has 3 N–H and O–H groups in total. The van der Waals surface area contributed by atoms with Gasteiger partial charge < -0.3 is 15.8 Å². The molecule has 0 spiro atoms. The summed E-state index contributed by atoms with van der Waals surface area (Å²) in [6, 6.07) is 4.00. The fourth-order valence-corrected chi connectivity index (χ4v) is 2.02. The average Bonchev–Trinajstić information content (AvgIpc) is 2.52. The van der Waals surface area contributed by atoms with Crippen LogP contribution in [0.4, 0.5) is 4.39 Å². The molecule has 0 aliphatic carbocycles. The number of hydrogen-bond donors (Lipinski definition) is 2. The molecule has 5 nitrogen and oxygen atoms in total. The molecule has 1 rings (SSSR count). The van der Waals surface area contributed by atoms with Crippen molar-refractivity contribution in [2.24, 2.45) is 11.7 Å². The van der Waals surface area contributed by atoms with Crippen LogP contribution in [0.5, 0.6) is 5.75 Å². The van der Waals surface area contributed by atoms with E-state index in [1.165, 1.54) is 19.2 Å². The number of carbonyl (C=O) groups excluding carboxylic acids is 2. The Morgan fingerprint density at radius 3 is 2.48 bits per heavy atom. The molecule has 6 heteroatoms. The van der Waals surface area contributed by atoms with Crippen molar-refractivity contribution in [3.8, 4) is 5.75 Å². The minimum absolute atomic E-state index is 0.0103. The minimum Gasteiger partial charge on any atom is -0.494 e. The lowest BCUT2D eigenvalue weighted by atomic mass is 9.88. The third kappa shape index (κ3) is 5.03. The van der Waals surface area contributed by atoms with Crippen LogP contribution < -0.4 is 15.8 Å². The smallest absolute Gasteiger partial charge is 0.220 e. The molecule has 1 aromatic rings. The molecule has 0 aliphatic rings. The van der Waals surface area contributed by atoms with E-state index >= 15 is 0 Å². The van der Waals surface area contributed by atoms with Gasteiger partial charge in [0, 0.05) is 24.9 Å². The highest BCUT2D eigenvalue weighted by molar-refractivity contribution is 5.98. The Morgan fingerprint density at radius 2 is 2.00 bits per heavy atom. The number of methoxy groups -OCH3 is 1. The number of nitrogens with two attached hydrogens (primary N) is 1. The summed E-state index contributed by atoms with van der Waals surface area (Å²) >= 11 is 0. The van der Waals surface area contributed by atoms with E-state index in [-0.39, 0.29) is 41.8 Å². The van der Waals surface area contributed by atoms with E-state index in [9.17, 15) is 14.0 Å². The molecule has 0 fully saturated rings. The first-order valence-electron chi connectivity index (χ1n) is 7.61. The van der Waals surface area contributed by atoms with Gasteiger partial charge in [0.05, 0.1) is 12.6 Å². The second kappa shape index (κ2) is 8.06. The van der Waals surface area contributed by atoms with Crippen molar-refractivity contribution >= 4 is 11.7 Å². The van der Waals surface area contributed by atoms with Crippen LogP contribution in [0.25, 0.3) is 0 Å². The van der Waals surface area contributed by atoms with Crippen molar-refractivity contribution < 1.29 is 18.7 Å². The highest BCUT2D eigenvalue weighted by Crippen LogP contribution is 2.19. The zero-order valence-electron chi connectivity index (χ0n) is 14.1. The van der Waals surface area contributed by atoms with Gasteiger partial charge in [-0.3, -0.25) is 9.59 Å². The third-order valence-corrected chi connectivity index (χ3v) is 4.18. The van der Waals surface area contributed by atoms with E-state index in [4.69, 9.17) is 10.5 Å². The summed E-state index contributed by atoms with van der Waals surface area (Å²) in [5, 5.41) is 2.87. The number of ketones is 1. The lowest BCUT2D eigenvalue weighted by molar-refractivity contribution is -0.123. The van der Waals surface area contributed by atoms with Crippen LogP contribution in [0.1, 0.15) is 44.0 Å². The SMILES string of the molecule is COc1ccc(C(=O)CCC(=O)NC(C)(CN)C(C)C)cc1F. The van der Waals surface area contributed by atoms with Gasteiger partial charge in [-0.2, -0.15) is 0 Å². The van der Waals surface area contributed by atoms with E-state index in [1.54, 1.807) is 0 Å². The topological polar surface area (TPSA) is 81.4 Å². The molecule has 1 atom stereocenters. The lowest BCUT2D eigenvalue weighted by Gasteiger charge is -2.33. The standard InChI is InChI=1S/C17H25FN2O3/c1-11(2)17(3,10-19)20-16(22)8-6-14(21)12-5-7-15(23-4)13(18)9-12/h5,7,9,11H,6,8,10,19H2,1-4H3,(H,20,22). The van der Waals surface area contributed by atoms with Crippen LogP contribution in [0.2, 0.25) is 0 Å². The molecule has 128 valence electrons. The maximum atomic E-state index is 13.6. The summed E-state index contributed by atoms with van der Waals surface area (Å²) in [4.78, 5) is 24.1. The Labute approximate surface area is 136 Å². The molecule has 0 saturated carbocycles. The summed E-state index contributed by atoms with van der Waals surface area (Å²) in [7, 11) is 1.35. The van der Waals surface area contributed by atoms with Gasteiger partial charge in [-0.1, -0.05) is 13.8 Å². The first-order valence-corrected chi connectivity index (χ1v) is 7.61. The second-order valence-corrected chi connectivity index (χ2v) is 6.10. The molecular formula is C17H25FN2O3. The minimum atomic E-state index is -0.599. The van der Waals surface area contributed by atoms with Gasteiger partial charge in [0.25, 0.3) is 0 Å². The number of carbonyl (C=O) groups is 2. The van der Waals surface area contributed by atoms with Gasteiger partial charge in [0.1, 0.15) is 0 Å². The largest absolute Gasteiger partial charge is 0.494 e. The average molecular weight is 324 g/mol. The highest BCUT2D eigenvalue weighted by atomic mass is 19.1. The molecule has 1 unspecified atom stereocenters. The molecular weight excluding hydrogens is 299 g/mol. The van der Waals surface area contributed by atoms with Gasteiger partial charge >= 0.3 is 0 Å². The summed E-state index contributed by atoms with van der Waals surface area (Å²) in [5.41, 5.74) is 5.43. The molecule has 23 heavy (non-hydrogen) atoms. The zero-order valence-corrected chi connectivity index (χ0v) is 14.1. The number of amides is 1. The van der Waals surface area contributed by atoms with Crippen LogP contribution in [0, 0.1) is 11.7 Å². The van der Waals surface area contributed by atoms with E-state index < -0.39 is 11.4 Å². The maximum absolute atomic E-state index is 13.6. The number of Topliss-reactive ketones (excluding diaryl/α,β-unsaturated/α-hetero) is 1. The van der Waals surface area contributed by atoms with Crippen LogP contribution in [0.15, 0.2) is 18.2 Å². The summed E-state index contributed by atoms with van der Waals surface area (Å²) < 4.78 is 18.4. The monoisotopic (exact) mass is 324 g/mol. The predicted octanol–water partition coefficient (Wildman–Crippen LogP) is 2.29. The van der Waals surface area contributed by atoms with Gasteiger partial charge in [-0.25, -0.2) is 4.39 Å². The molecule has 1 aromatic carbocycles. The van der Waals surface area contributed by atoms with Crippen LogP contribution in [0.3, 0.4) is 0 Å². The van der Waals surface area contributed by atoms with Gasteiger partial charge in [-0.15, -0.1) is 0 Å². The van der Waals surface area contributed by atoms with Crippen molar-refractivity contribution in [2.45, 2.75) is 39.2 Å². The molecule has 0 saturated heterocycles. The number of ether oxygens (including phenoxy) is 1. The van der Waals surface area contributed by atoms with Crippen LogP contribution >= 0.6 is 0 Å². The molecule has 0 aliphatic heterocycles. The number of rotatable bonds is 8. The van der Waals surface area contributed by atoms with Crippen molar-refractivity contribution in [3.05, 3.63) is 29.6 Å². The Bertz CT molecular complexity index is 575. The molecule has 0 aromatic heterocycles. The molecule has 0 heterocycles. The third-order valence-electron chi connectivity index (χ3n) is 4.18. The van der Waals surface area contributed by atoms with Gasteiger partial charge in [-0.05, 0) is 31.0 Å². The van der Waals surface area contributed by atoms with Crippen molar-refractivity contribution in [2.75, 3.05) is 13.7 Å². The Kier molecular flexibility index (Phi) is 6.69. The molecule has 0 bridgehead atoms. The highest BCUT2D eigenvalue weighted by Gasteiger charge is 2.28. The summed E-state index contributed by atoms with van der Waals surface area (Å²) in [6.45, 7) is 6.13. The normalized spacial score (nSPS) is 13.5. The number of nitrogens with one attached hydrogen (secondary N) is 1. The van der Waals surface area contributed by atoms with Crippen LogP contribution in [-0.4, -0.2) is 30.9 Å². The predicted molar refractivity (Wildman–Crippen MR) is 87.0 cm³/mol. The Morgan fingerprint density at radius 1 is 1.35 bits per heavy atom. The summed E-state index contributed by atoms with van der Waals surface area (Å²) in [6.07, 6.45) is 0.0468. The number of halogens is 1. The fourth-order valence-electron chi connectivity index (χ4n) is 2.02. The Balaban J connectivity index is 2.62. The Hall–Kier alpha value is -1.95. The molecule has 0 radical (unpaired) electrons. The molecule has 1 amide bonds. The van der Waals surface area contributed by atoms with Crippen molar-refractivity contribution in [1.29, 1.82) is 0 Å². The first kappa shape index (κ1) is 19.1. The number of hydrogen-bond acceptors (Lipinski definition) is 4. The quantitative estimate of drug-likeness (QED) is 0.719. The van der Waals surface area contributed by atoms with E-state index in [0.717, 1.165) is 6.07 Å². The van der Waals surface area contributed by atoms with Gasteiger partial charge in [0.15, 0.2) is 17.3 Å². The number of benzene rings is 1. The summed E-state index contributed by atoms with van der Waals surface area (Å²) in [5.74, 6) is -0.884. The van der Waals surface area contributed by atoms with Gasteiger partial charge in [0.2, 0.25) is 5.91 Å². The lowest BCUT2D eigenvalue weighted by Crippen LogP contribution is -2.55. The van der Waals surface area contributed by atoms with Crippen molar-refractivity contribution in [3.63, 3.8) is 0 Å². The fraction of sp³-hybridized carbons (Fsp3) is 0.529. The second-order valence-electron chi connectivity index (χ2n) is 6.10. The van der Waals surface area contributed by atoms with E-state index in [0.29, 0.717) is 6.54 Å². The zero-order chi connectivity index (χ0) is 17.6. The first-order chi connectivity index (χ1) is 10.7. The van der Waals surface area contributed by atoms with E-state index in [2.05, 4.69) is 5.32 Å². The van der Waals surface area contributed by atoms with Crippen LogP contribution in [-0.2, 0) is 4.79 Å².